The minimum Gasteiger partial charge on any atom is -0.354 e. The lowest BCUT2D eigenvalue weighted by Crippen LogP contribution is -2.41. The number of hydrogen-bond acceptors (Lipinski definition) is 2. The molecule has 3 N–H and O–H groups in total. The topological polar surface area (TPSA) is 55.1 Å². The van der Waals surface area contributed by atoms with Crippen molar-refractivity contribution in [2.75, 3.05) is 6.54 Å². The second-order valence-electron chi connectivity index (χ2n) is 6.36. The van der Waals surface area contributed by atoms with E-state index in [2.05, 4.69) is 44.3 Å². The summed E-state index contributed by atoms with van der Waals surface area (Å²) in [5.41, 5.74) is 9.13. The average Bonchev–Trinajstić information content (AvgIpc) is 2.53. The Balaban J connectivity index is 2.01. The predicted molar refractivity (Wildman–Crippen MR) is 90.6 cm³/mol. The predicted octanol–water partition coefficient (Wildman–Crippen LogP) is 3.09. The highest BCUT2D eigenvalue weighted by molar-refractivity contribution is 5.83. The molecule has 2 aromatic rings. The van der Waals surface area contributed by atoms with E-state index in [1.807, 2.05) is 36.4 Å². The Hall–Kier alpha value is -2.13. The number of nitrogens with one attached hydrogen (secondary N) is 1. The highest BCUT2D eigenvalue weighted by atomic mass is 16.2. The van der Waals surface area contributed by atoms with Crippen LogP contribution in [0, 0.1) is 6.92 Å². The minimum absolute atomic E-state index is 0.141. The van der Waals surface area contributed by atoms with Crippen LogP contribution in [0.1, 0.15) is 36.6 Å². The molecule has 0 saturated heterocycles. The summed E-state index contributed by atoms with van der Waals surface area (Å²) in [4.78, 5) is 12.3. The lowest BCUT2D eigenvalue weighted by Gasteiger charge is -2.27. The first-order chi connectivity index (χ1) is 10.4. The van der Waals surface area contributed by atoms with Crippen LogP contribution >= 0.6 is 0 Å². The molecule has 1 amide bonds. The van der Waals surface area contributed by atoms with E-state index in [0.29, 0.717) is 6.54 Å². The Bertz CT molecular complexity index is 635. The van der Waals surface area contributed by atoms with Gasteiger partial charge in [0, 0.05) is 12.0 Å². The second-order valence-corrected chi connectivity index (χ2v) is 6.36. The van der Waals surface area contributed by atoms with Crippen molar-refractivity contribution in [3.8, 4) is 0 Å². The smallest absolute Gasteiger partial charge is 0.241 e. The maximum Gasteiger partial charge on any atom is 0.241 e. The van der Waals surface area contributed by atoms with Crippen molar-refractivity contribution in [3.05, 3.63) is 71.3 Å². The Labute approximate surface area is 132 Å². The molecule has 116 valence electrons. The summed E-state index contributed by atoms with van der Waals surface area (Å²) < 4.78 is 0. The van der Waals surface area contributed by atoms with Crippen LogP contribution in [0.3, 0.4) is 0 Å². The standard InChI is InChI=1S/C19H24N2O/c1-14-8-7-11-16(12-14)19(2,3)13-21-18(22)17(20)15-9-5-4-6-10-15/h4-12,17H,13,20H2,1-3H3,(H,21,22). The monoisotopic (exact) mass is 296 g/mol. The summed E-state index contributed by atoms with van der Waals surface area (Å²) in [5, 5.41) is 2.98. The maximum atomic E-state index is 12.3. The molecule has 22 heavy (non-hydrogen) atoms. The number of benzene rings is 2. The van der Waals surface area contributed by atoms with E-state index in [0.717, 1.165) is 5.56 Å². The van der Waals surface area contributed by atoms with Gasteiger partial charge < -0.3 is 11.1 Å². The molecule has 0 aliphatic heterocycles. The third kappa shape index (κ3) is 3.95. The molecule has 1 unspecified atom stereocenters. The highest BCUT2D eigenvalue weighted by Crippen LogP contribution is 2.23. The molecule has 0 spiro atoms. The van der Waals surface area contributed by atoms with Crippen LogP contribution in [0.5, 0.6) is 0 Å². The van der Waals surface area contributed by atoms with Crippen LogP contribution in [-0.2, 0) is 10.2 Å². The van der Waals surface area contributed by atoms with Gasteiger partial charge in [-0.25, -0.2) is 0 Å². The molecule has 0 heterocycles. The zero-order valence-corrected chi connectivity index (χ0v) is 13.5. The van der Waals surface area contributed by atoms with E-state index >= 15 is 0 Å². The van der Waals surface area contributed by atoms with Gasteiger partial charge in [-0.1, -0.05) is 74.0 Å². The van der Waals surface area contributed by atoms with Gasteiger partial charge in [0.15, 0.2) is 0 Å². The molecule has 3 nitrogen and oxygen atoms in total. The Morgan fingerprint density at radius 2 is 1.82 bits per heavy atom. The van der Waals surface area contributed by atoms with Crippen LogP contribution in [-0.4, -0.2) is 12.5 Å². The third-order valence-corrected chi connectivity index (χ3v) is 3.95. The zero-order valence-electron chi connectivity index (χ0n) is 13.5. The summed E-state index contributed by atoms with van der Waals surface area (Å²) in [6.07, 6.45) is 0. The van der Waals surface area contributed by atoms with Crippen molar-refractivity contribution in [1.82, 2.24) is 5.32 Å². The largest absolute Gasteiger partial charge is 0.354 e. The maximum absolute atomic E-state index is 12.3. The van der Waals surface area contributed by atoms with E-state index in [-0.39, 0.29) is 11.3 Å². The zero-order chi connectivity index (χ0) is 16.2. The van der Waals surface area contributed by atoms with Gasteiger partial charge in [0.05, 0.1) is 0 Å². The van der Waals surface area contributed by atoms with Gasteiger partial charge in [-0.15, -0.1) is 0 Å². The van der Waals surface area contributed by atoms with Gasteiger partial charge in [0.25, 0.3) is 0 Å². The minimum atomic E-state index is -0.630. The van der Waals surface area contributed by atoms with Gasteiger partial charge in [0.1, 0.15) is 6.04 Å². The fraction of sp³-hybridized carbons (Fsp3) is 0.316. The van der Waals surface area contributed by atoms with Gasteiger partial charge >= 0.3 is 0 Å². The van der Waals surface area contributed by atoms with E-state index in [9.17, 15) is 4.79 Å². The van der Waals surface area contributed by atoms with Crippen LogP contribution in [0.4, 0.5) is 0 Å². The number of carbonyl (C=O) groups excluding carboxylic acids is 1. The SMILES string of the molecule is Cc1cccc(C(C)(C)CNC(=O)C(N)c2ccccc2)c1. The molecule has 0 fully saturated rings. The molecular weight excluding hydrogens is 272 g/mol. The Morgan fingerprint density at radius 1 is 1.14 bits per heavy atom. The Morgan fingerprint density at radius 3 is 2.45 bits per heavy atom. The van der Waals surface area contributed by atoms with Gasteiger partial charge in [-0.2, -0.15) is 0 Å². The summed E-state index contributed by atoms with van der Waals surface area (Å²) in [6, 6.07) is 17.2. The van der Waals surface area contributed by atoms with Crippen LogP contribution < -0.4 is 11.1 Å². The van der Waals surface area contributed by atoms with Crippen LogP contribution in [0.2, 0.25) is 0 Å². The molecule has 0 aliphatic carbocycles. The van der Waals surface area contributed by atoms with Gasteiger partial charge in [-0.3, -0.25) is 4.79 Å². The van der Waals surface area contributed by atoms with E-state index < -0.39 is 6.04 Å². The van der Waals surface area contributed by atoms with Crippen molar-refractivity contribution >= 4 is 5.91 Å². The van der Waals surface area contributed by atoms with Gasteiger partial charge in [0.2, 0.25) is 5.91 Å². The molecular formula is C19H24N2O. The lowest BCUT2D eigenvalue weighted by atomic mass is 9.84. The fourth-order valence-corrected chi connectivity index (χ4v) is 2.40. The summed E-state index contributed by atoms with van der Waals surface area (Å²) in [6.45, 7) is 6.87. The summed E-state index contributed by atoms with van der Waals surface area (Å²) in [7, 11) is 0. The number of amides is 1. The molecule has 2 aromatic carbocycles. The highest BCUT2D eigenvalue weighted by Gasteiger charge is 2.23. The van der Waals surface area contributed by atoms with Gasteiger partial charge in [-0.05, 0) is 18.1 Å². The summed E-state index contributed by atoms with van der Waals surface area (Å²) >= 11 is 0. The first kappa shape index (κ1) is 16.2. The first-order valence-electron chi connectivity index (χ1n) is 7.55. The quantitative estimate of drug-likeness (QED) is 0.891. The Kier molecular flexibility index (Phi) is 4.99. The lowest BCUT2D eigenvalue weighted by molar-refractivity contribution is -0.122. The van der Waals surface area contributed by atoms with Crippen LogP contribution in [0.25, 0.3) is 0 Å². The van der Waals surface area contributed by atoms with Crippen molar-refractivity contribution in [2.45, 2.75) is 32.2 Å². The molecule has 2 rings (SSSR count). The third-order valence-electron chi connectivity index (χ3n) is 3.95. The van der Waals surface area contributed by atoms with Crippen molar-refractivity contribution in [1.29, 1.82) is 0 Å². The fourth-order valence-electron chi connectivity index (χ4n) is 2.40. The van der Waals surface area contributed by atoms with E-state index in [1.165, 1.54) is 11.1 Å². The molecule has 0 saturated carbocycles. The molecule has 1 atom stereocenters. The number of rotatable bonds is 5. The number of hydrogen-bond donors (Lipinski definition) is 2. The average molecular weight is 296 g/mol. The normalized spacial score (nSPS) is 12.7. The first-order valence-corrected chi connectivity index (χ1v) is 7.55. The van der Waals surface area contributed by atoms with Crippen LogP contribution in [0.15, 0.2) is 54.6 Å². The van der Waals surface area contributed by atoms with Crippen molar-refractivity contribution in [3.63, 3.8) is 0 Å². The summed E-state index contributed by atoms with van der Waals surface area (Å²) in [5.74, 6) is -0.146. The molecule has 0 bridgehead atoms. The molecule has 0 aromatic heterocycles. The number of carbonyl (C=O) groups is 1. The number of aryl methyl sites for hydroxylation is 1. The molecule has 0 aliphatic rings. The van der Waals surface area contributed by atoms with E-state index in [1.54, 1.807) is 0 Å². The molecule has 3 heteroatoms. The van der Waals surface area contributed by atoms with Crippen molar-refractivity contribution < 1.29 is 4.79 Å². The molecule has 0 radical (unpaired) electrons. The van der Waals surface area contributed by atoms with Crippen molar-refractivity contribution in [2.24, 2.45) is 5.73 Å². The van der Waals surface area contributed by atoms with E-state index in [4.69, 9.17) is 5.73 Å². The number of nitrogens with two attached hydrogens (primary N) is 1. The second kappa shape index (κ2) is 6.75.